The van der Waals surface area contributed by atoms with Crippen LogP contribution in [0.1, 0.15) is 16.7 Å². The first-order valence-corrected chi connectivity index (χ1v) is 5.30. The molecule has 0 aliphatic carbocycles. The first-order chi connectivity index (χ1) is 7.16. The van der Waals surface area contributed by atoms with Crippen LogP contribution in [0.2, 0.25) is 0 Å². The lowest BCUT2D eigenvalue weighted by Gasteiger charge is -2.13. The van der Waals surface area contributed by atoms with Gasteiger partial charge in [-0.1, -0.05) is 17.7 Å². The fourth-order valence-corrected chi connectivity index (χ4v) is 1.98. The number of hydrogen-bond acceptors (Lipinski definition) is 3. The van der Waals surface area contributed by atoms with Crippen molar-refractivity contribution in [3.63, 3.8) is 0 Å². The molecule has 80 valence electrons. The van der Waals surface area contributed by atoms with Gasteiger partial charge in [-0.15, -0.1) is 0 Å². The summed E-state index contributed by atoms with van der Waals surface area (Å²) < 4.78 is 0. The molecule has 3 nitrogen and oxygen atoms in total. The third-order valence-corrected chi connectivity index (χ3v) is 2.59. The molecule has 0 saturated carbocycles. The Hall–Kier alpha value is -1.51. The average molecular weight is 203 g/mol. The molecule has 15 heavy (non-hydrogen) atoms. The highest BCUT2D eigenvalue weighted by Crippen LogP contribution is 2.21. The quantitative estimate of drug-likeness (QED) is 0.732. The molecule has 1 heterocycles. The first kappa shape index (κ1) is 10.0. The van der Waals surface area contributed by atoms with Gasteiger partial charge in [0.05, 0.1) is 6.54 Å². The summed E-state index contributed by atoms with van der Waals surface area (Å²) in [5, 5.41) is 6.56. The Bertz CT molecular complexity index is 384. The van der Waals surface area contributed by atoms with Crippen molar-refractivity contribution in [2.24, 2.45) is 4.99 Å². The lowest BCUT2D eigenvalue weighted by Crippen LogP contribution is -2.26. The Labute approximate surface area is 90.6 Å². The predicted molar refractivity (Wildman–Crippen MR) is 64.6 cm³/mol. The minimum atomic E-state index is 0.867. The predicted octanol–water partition coefficient (Wildman–Crippen LogP) is 1.98. The normalized spacial score (nSPS) is 14.7. The SMILES string of the molecule is Cc1cc(C)c(NC2=NCCN2)c(C)c1. The van der Waals surface area contributed by atoms with Gasteiger partial charge < -0.3 is 10.6 Å². The van der Waals surface area contributed by atoms with Crippen LogP contribution in [0.25, 0.3) is 0 Å². The van der Waals surface area contributed by atoms with E-state index in [2.05, 4.69) is 48.5 Å². The maximum atomic E-state index is 4.33. The second-order valence-electron chi connectivity index (χ2n) is 4.06. The number of guanidine groups is 1. The van der Waals surface area contributed by atoms with E-state index in [-0.39, 0.29) is 0 Å². The Morgan fingerprint density at radius 2 is 1.87 bits per heavy atom. The smallest absolute Gasteiger partial charge is 0.195 e. The van der Waals surface area contributed by atoms with Crippen molar-refractivity contribution in [1.82, 2.24) is 5.32 Å². The summed E-state index contributed by atoms with van der Waals surface area (Å²) in [7, 11) is 0. The van der Waals surface area contributed by atoms with Crippen molar-refractivity contribution in [2.75, 3.05) is 18.4 Å². The number of aryl methyl sites for hydroxylation is 3. The van der Waals surface area contributed by atoms with Crippen molar-refractivity contribution in [2.45, 2.75) is 20.8 Å². The fraction of sp³-hybridized carbons (Fsp3) is 0.417. The molecule has 2 N–H and O–H groups in total. The fourth-order valence-electron chi connectivity index (χ4n) is 1.98. The Morgan fingerprint density at radius 3 is 2.40 bits per heavy atom. The summed E-state index contributed by atoms with van der Waals surface area (Å²) >= 11 is 0. The zero-order chi connectivity index (χ0) is 10.8. The van der Waals surface area contributed by atoms with Gasteiger partial charge in [-0.3, -0.25) is 4.99 Å². The third-order valence-electron chi connectivity index (χ3n) is 2.59. The molecule has 0 radical (unpaired) electrons. The summed E-state index contributed by atoms with van der Waals surface area (Å²) in [5.74, 6) is 0.894. The number of rotatable bonds is 1. The molecule has 1 aliphatic rings. The van der Waals surface area contributed by atoms with Crippen molar-refractivity contribution < 1.29 is 0 Å². The molecular weight excluding hydrogens is 186 g/mol. The van der Waals surface area contributed by atoms with Crippen molar-refractivity contribution in [1.29, 1.82) is 0 Å². The number of nitrogens with zero attached hydrogens (tertiary/aromatic N) is 1. The minimum Gasteiger partial charge on any atom is -0.354 e. The number of benzene rings is 1. The molecule has 0 unspecified atom stereocenters. The number of aliphatic imine (C=N–C) groups is 1. The highest BCUT2D eigenvalue weighted by Gasteiger charge is 2.08. The third kappa shape index (κ3) is 2.12. The molecule has 0 atom stereocenters. The Kier molecular flexibility index (Phi) is 2.62. The second kappa shape index (κ2) is 3.93. The van der Waals surface area contributed by atoms with E-state index in [1.54, 1.807) is 0 Å². The van der Waals surface area contributed by atoms with Gasteiger partial charge in [-0.2, -0.15) is 0 Å². The molecule has 0 bridgehead atoms. The molecule has 0 aromatic heterocycles. The highest BCUT2D eigenvalue weighted by atomic mass is 15.2. The van der Waals surface area contributed by atoms with Crippen molar-refractivity contribution >= 4 is 11.6 Å². The molecule has 0 saturated heterocycles. The van der Waals surface area contributed by atoms with Gasteiger partial charge in [-0.25, -0.2) is 0 Å². The van der Waals surface area contributed by atoms with Crippen LogP contribution in [0.15, 0.2) is 17.1 Å². The van der Waals surface area contributed by atoms with Crippen LogP contribution in [-0.4, -0.2) is 19.0 Å². The Balaban J connectivity index is 2.27. The maximum Gasteiger partial charge on any atom is 0.195 e. The van der Waals surface area contributed by atoms with Crippen LogP contribution < -0.4 is 10.6 Å². The van der Waals surface area contributed by atoms with Crippen LogP contribution >= 0.6 is 0 Å². The largest absolute Gasteiger partial charge is 0.354 e. The number of anilines is 1. The lowest BCUT2D eigenvalue weighted by molar-refractivity contribution is 0.959. The standard InChI is InChI=1S/C12H17N3/c1-8-6-9(2)11(10(3)7-8)15-12-13-4-5-14-12/h6-7H,4-5H2,1-3H3,(H2,13,14,15). The summed E-state index contributed by atoms with van der Waals surface area (Å²) in [5.41, 5.74) is 5.01. The maximum absolute atomic E-state index is 4.33. The van der Waals surface area contributed by atoms with Crippen molar-refractivity contribution in [3.8, 4) is 0 Å². The van der Waals surface area contributed by atoms with Crippen LogP contribution in [0.4, 0.5) is 5.69 Å². The van der Waals surface area contributed by atoms with E-state index in [0.29, 0.717) is 0 Å². The number of nitrogens with one attached hydrogen (secondary N) is 2. The van der Waals surface area contributed by atoms with Gasteiger partial charge in [0.2, 0.25) is 0 Å². The molecule has 0 fully saturated rings. The van der Waals surface area contributed by atoms with Gasteiger partial charge in [-0.05, 0) is 31.9 Å². The van der Waals surface area contributed by atoms with Crippen LogP contribution in [0, 0.1) is 20.8 Å². The summed E-state index contributed by atoms with van der Waals surface area (Å²) in [6.07, 6.45) is 0. The average Bonchev–Trinajstić information content (AvgIpc) is 2.63. The second-order valence-corrected chi connectivity index (χ2v) is 4.06. The van der Waals surface area contributed by atoms with Crippen LogP contribution in [0.3, 0.4) is 0 Å². The van der Waals surface area contributed by atoms with E-state index < -0.39 is 0 Å². The van der Waals surface area contributed by atoms with Gasteiger partial charge in [0, 0.05) is 12.2 Å². The zero-order valence-corrected chi connectivity index (χ0v) is 9.52. The van der Waals surface area contributed by atoms with Crippen LogP contribution in [-0.2, 0) is 0 Å². The molecule has 0 amide bonds. The minimum absolute atomic E-state index is 0.867. The molecule has 2 rings (SSSR count). The van der Waals surface area contributed by atoms with Gasteiger partial charge >= 0.3 is 0 Å². The van der Waals surface area contributed by atoms with Gasteiger partial charge in [0.25, 0.3) is 0 Å². The van der Waals surface area contributed by atoms with E-state index in [1.165, 1.54) is 22.4 Å². The van der Waals surface area contributed by atoms with E-state index in [9.17, 15) is 0 Å². The first-order valence-electron chi connectivity index (χ1n) is 5.30. The van der Waals surface area contributed by atoms with E-state index >= 15 is 0 Å². The molecule has 1 aromatic rings. The molecular formula is C12H17N3. The summed E-state index contributed by atoms with van der Waals surface area (Å²) in [6.45, 7) is 8.17. The molecule has 3 heteroatoms. The van der Waals surface area contributed by atoms with Gasteiger partial charge in [0.15, 0.2) is 5.96 Å². The van der Waals surface area contributed by atoms with E-state index in [4.69, 9.17) is 0 Å². The van der Waals surface area contributed by atoms with Crippen molar-refractivity contribution in [3.05, 3.63) is 28.8 Å². The highest BCUT2D eigenvalue weighted by molar-refractivity contribution is 5.95. The van der Waals surface area contributed by atoms with Gasteiger partial charge in [0.1, 0.15) is 0 Å². The Morgan fingerprint density at radius 1 is 1.20 bits per heavy atom. The molecule has 0 spiro atoms. The molecule has 1 aromatic carbocycles. The summed E-state index contributed by atoms with van der Waals surface area (Å²) in [6, 6.07) is 4.37. The van der Waals surface area contributed by atoms with E-state index in [0.717, 1.165) is 19.0 Å². The zero-order valence-electron chi connectivity index (χ0n) is 9.52. The summed E-state index contributed by atoms with van der Waals surface area (Å²) in [4.78, 5) is 4.33. The van der Waals surface area contributed by atoms with Crippen LogP contribution in [0.5, 0.6) is 0 Å². The number of hydrogen-bond donors (Lipinski definition) is 2. The molecule has 1 aliphatic heterocycles. The lowest BCUT2D eigenvalue weighted by atomic mass is 10.1. The monoisotopic (exact) mass is 203 g/mol. The topological polar surface area (TPSA) is 36.4 Å². The van der Waals surface area contributed by atoms with E-state index in [1.807, 2.05) is 0 Å².